The lowest BCUT2D eigenvalue weighted by Gasteiger charge is -2.09. The van der Waals surface area contributed by atoms with E-state index in [-0.39, 0.29) is 5.91 Å². The van der Waals surface area contributed by atoms with Gasteiger partial charge in [-0.2, -0.15) is 0 Å². The smallest absolute Gasteiger partial charge is 0.251 e. The fraction of sp³-hybridized carbons (Fsp3) is 0.214. The van der Waals surface area contributed by atoms with Crippen LogP contribution in [-0.2, 0) is 0 Å². The Morgan fingerprint density at radius 1 is 1.42 bits per heavy atom. The third kappa shape index (κ3) is 3.94. The molecule has 100 valence electrons. The van der Waals surface area contributed by atoms with E-state index in [4.69, 9.17) is 4.42 Å². The molecule has 19 heavy (non-hydrogen) atoms. The Morgan fingerprint density at radius 3 is 2.95 bits per heavy atom. The van der Waals surface area contributed by atoms with E-state index in [9.17, 15) is 9.90 Å². The molecular formula is C14H14BrNO3. The Bertz CT molecular complexity index is 539. The molecule has 0 aliphatic heterocycles. The molecular weight excluding hydrogens is 310 g/mol. The lowest BCUT2D eigenvalue weighted by molar-refractivity contribution is 0.0942. The van der Waals surface area contributed by atoms with Gasteiger partial charge in [-0.15, -0.1) is 0 Å². The number of aliphatic hydroxyl groups is 1. The maximum Gasteiger partial charge on any atom is 0.251 e. The molecule has 1 amide bonds. The molecule has 1 aromatic carbocycles. The van der Waals surface area contributed by atoms with Crippen molar-refractivity contribution in [2.75, 3.05) is 6.54 Å². The highest BCUT2D eigenvalue weighted by Crippen LogP contribution is 2.16. The first-order valence-electron chi connectivity index (χ1n) is 5.91. The molecule has 1 aromatic heterocycles. The van der Waals surface area contributed by atoms with Crippen molar-refractivity contribution in [2.45, 2.75) is 12.5 Å². The quantitative estimate of drug-likeness (QED) is 0.889. The number of hydrogen-bond donors (Lipinski definition) is 2. The van der Waals surface area contributed by atoms with Crippen LogP contribution in [-0.4, -0.2) is 17.6 Å². The number of halogens is 1. The maximum atomic E-state index is 11.8. The van der Waals surface area contributed by atoms with Gasteiger partial charge in [0.25, 0.3) is 5.91 Å². The molecule has 0 spiro atoms. The summed E-state index contributed by atoms with van der Waals surface area (Å²) in [4.78, 5) is 11.8. The molecule has 1 unspecified atom stereocenters. The van der Waals surface area contributed by atoms with Gasteiger partial charge < -0.3 is 14.8 Å². The molecule has 0 radical (unpaired) electrons. The average molecular weight is 324 g/mol. The van der Waals surface area contributed by atoms with Gasteiger partial charge in [-0.1, -0.05) is 22.0 Å². The highest BCUT2D eigenvalue weighted by Gasteiger charge is 2.10. The molecule has 0 bridgehead atoms. The lowest BCUT2D eigenvalue weighted by atomic mass is 10.1. The van der Waals surface area contributed by atoms with E-state index in [0.29, 0.717) is 18.5 Å². The van der Waals surface area contributed by atoms with E-state index in [1.165, 1.54) is 12.5 Å². The summed E-state index contributed by atoms with van der Waals surface area (Å²) in [5, 5.41) is 12.6. The maximum absolute atomic E-state index is 11.8. The van der Waals surface area contributed by atoms with Crippen LogP contribution >= 0.6 is 15.9 Å². The van der Waals surface area contributed by atoms with Crippen LogP contribution in [0.1, 0.15) is 28.4 Å². The van der Waals surface area contributed by atoms with E-state index >= 15 is 0 Å². The van der Waals surface area contributed by atoms with Crippen molar-refractivity contribution in [3.8, 4) is 0 Å². The topological polar surface area (TPSA) is 62.5 Å². The van der Waals surface area contributed by atoms with E-state index in [1.807, 2.05) is 6.07 Å². The van der Waals surface area contributed by atoms with Crippen molar-refractivity contribution in [3.05, 3.63) is 58.5 Å². The summed E-state index contributed by atoms with van der Waals surface area (Å²) < 4.78 is 5.75. The minimum atomic E-state index is -0.624. The molecule has 1 heterocycles. The second kappa shape index (κ2) is 6.54. The fourth-order valence-electron chi connectivity index (χ4n) is 1.69. The zero-order valence-corrected chi connectivity index (χ0v) is 11.8. The number of amides is 1. The van der Waals surface area contributed by atoms with Gasteiger partial charge in [0.1, 0.15) is 0 Å². The summed E-state index contributed by atoms with van der Waals surface area (Å²) in [5.74, 6) is -0.152. The molecule has 2 N–H and O–H groups in total. The van der Waals surface area contributed by atoms with Crippen molar-refractivity contribution in [3.63, 3.8) is 0 Å². The van der Waals surface area contributed by atoms with Gasteiger partial charge in [-0.05, 0) is 30.7 Å². The van der Waals surface area contributed by atoms with Crippen LogP contribution < -0.4 is 5.32 Å². The summed E-state index contributed by atoms with van der Waals surface area (Å²) in [6, 6.07) is 8.87. The van der Waals surface area contributed by atoms with Crippen molar-refractivity contribution in [1.29, 1.82) is 0 Å². The summed E-state index contributed by atoms with van der Waals surface area (Å²) in [5.41, 5.74) is 1.31. The van der Waals surface area contributed by atoms with Crippen LogP contribution in [0.4, 0.5) is 0 Å². The number of furan rings is 1. The minimum absolute atomic E-state index is 0.152. The number of rotatable bonds is 5. The number of hydrogen-bond acceptors (Lipinski definition) is 3. The Balaban J connectivity index is 1.81. The predicted molar refractivity (Wildman–Crippen MR) is 74.8 cm³/mol. The molecule has 2 rings (SSSR count). The third-order valence-corrected chi connectivity index (χ3v) is 3.21. The van der Waals surface area contributed by atoms with E-state index in [1.54, 1.807) is 24.3 Å². The molecule has 0 aliphatic rings. The van der Waals surface area contributed by atoms with Crippen molar-refractivity contribution >= 4 is 21.8 Å². The Kier molecular flexibility index (Phi) is 4.76. The summed E-state index contributed by atoms with van der Waals surface area (Å²) in [6.45, 7) is 0.400. The second-order valence-electron chi connectivity index (χ2n) is 4.13. The van der Waals surface area contributed by atoms with Crippen LogP contribution in [0, 0.1) is 0 Å². The van der Waals surface area contributed by atoms with Gasteiger partial charge in [-0.3, -0.25) is 4.79 Å². The first-order valence-corrected chi connectivity index (χ1v) is 6.70. The molecule has 5 heteroatoms. The summed E-state index contributed by atoms with van der Waals surface area (Å²) >= 11 is 3.32. The Morgan fingerprint density at radius 2 is 2.26 bits per heavy atom. The van der Waals surface area contributed by atoms with Crippen molar-refractivity contribution < 1.29 is 14.3 Å². The zero-order valence-electron chi connectivity index (χ0n) is 10.2. The van der Waals surface area contributed by atoms with Crippen molar-refractivity contribution in [2.24, 2.45) is 0 Å². The number of benzene rings is 1. The molecule has 0 saturated carbocycles. The molecule has 0 fully saturated rings. The number of carbonyl (C=O) groups excluding carboxylic acids is 1. The summed E-state index contributed by atoms with van der Waals surface area (Å²) in [7, 11) is 0. The van der Waals surface area contributed by atoms with E-state index < -0.39 is 6.10 Å². The number of carbonyl (C=O) groups is 1. The van der Waals surface area contributed by atoms with E-state index in [0.717, 1.165) is 10.0 Å². The van der Waals surface area contributed by atoms with Crippen LogP contribution in [0.2, 0.25) is 0 Å². The third-order valence-electron chi connectivity index (χ3n) is 2.72. The molecule has 0 aliphatic carbocycles. The van der Waals surface area contributed by atoms with Gasteiger partial charge >= 0.3 is 0 Å². The second-order valence-corrected chi connectivity index (χ2v) is 5.04. The molecule has 0 saturated heterocycles. The van der Waals surface area contributed by atoms with Gasteiger partial charge in [0.05, 0.1) is 18.6 Å². The minimum Gasteiger partial charge on any atom is -0.472 e. The Labute approximate surface area is 119 Å². The molecule has 2 aromatic rings. The highest BCUT2D eigenvalue weighted by atomic mass is 79.9. The fourth-order valence-corrected chi connectivity index (χ4v) is 2.08. The van der Waals surface area contributed by atoms with Gasteiger partial charge in [-0.25, -0.2) is 0 Å². The first-order chi connectivity index (χ1) is 9.16. The first kappa shape index (κ1) is 13.8. The van der Waals surface area contributed by atoms with Gasteiger partial charge in [0.2, 0.25) is 0 Å². The van der Waals surface area contributed by atoms with E-state index in [2.05, 4.69) is 21.2 Å². The number of aliphatic hydroxyl groups excluding tert-OH is 1. The largest absolute Gasteiger partial charge is 0.472 e. The van der Waals surface area contributed by atoms with Crippen LogP contribution in [0.25, 0.3) is 0 Å². The normalized spacial score (nSPS) is 12.1. The highest BCUT2D eigenvalue weighted by molar-refractivity contribution is 9.10. The zero-order chi connectivity index (χ0) is 13.7. The van der Waals surface area contributed by atoms with Gasteiger partial charge in [0.15, 0.2) is 0 Å². The van der Waals surface area contributed by atoms with Gasteiger partial charge in [0, 0.05) is 22.1 Å². The van der Waals surface area contributed by atoms with Crippen LogP contribution in [0.5, 0.6) is 0 Å². The summed E-state index contributed by atoms with van der Waals surface area (Å²) in [6.07, 6.45) is 2.83. The van der Waals surface area contributed by atoms with Crippen LogP contribution in [0.15, 0.2) is 51.7 Å². The monoisotopic (exact) mass is 323 g/mol. The average Bonchev–Trinajstić information content (AvgIpc) is 2.92. The standard InChI is InChI=1S/C14H14BrNO3/c15-12-3-1-2-10(8-12)14(18)16-6-4-13(17)11-5-7-19-9-11/h1-3,5,7-9,13,17H,4,6H2,(H,16,18). The molecule has 1 atom stereocenters. The molecule has 4 nitrogen and oxygen atoms in total. The van der Waals surface area contributed by atoms with Crippen LogP contribution in [0.3, 0.4) is 0 Å². The predicted octanol–water partition coefficient (Wildman–Crippen LogP) is 2.90. The Hall–Kier alpha value is -1.59. The number of nitrogens with one attached hydrogen (secondary N) is 1. The SMILES string of the molecule is O=C(NCCC(O)c1ccoc1)c1cccc(Br)c1. The van der Waals surface area contributed by atoms with Crippen molar-refractivity contribution in [1.82, 2.24) is 5.32 Å². The lowest BCUT2D eigenvalue weighted by Crippen LogP contribution is -2.25.